The van der Waals surface area contributed by atoms with Gasteiger partial charge in [0.2, 0.25) is 0 Å². The van der Waals surface area contributed by atoms with Gasteiger partial charge in [0.1, 0.15) is 16.6 Å². The number of nitrogens with one attached hydrogen (secondary N) is 1. The first-order valence-corrected chi connectivity index (χ1v) is 13.3. The Bertz CT molecular complexity index is 587. The topological polar surface area (TPSA) is 44.3 Å². The van der Waals surface area contributed by atoms with Crippen LogP contribution in [-0.2, 0) is 15.8 Å². The van der Waals surface area contributed by atoms with E-state index in [1.807, 2.05) is 20.8 Å². The highest BCUT2D eigenvalue weighted by Gasteiger charge is 2.39. The van der Waals surface area contributed by atoms with Gasteiger partial charge < -0.3 is 8.98 Å². The first-order chi connectivity index (χ1) is 11.1. The Morgan fingerprint density at radius 2 is 1.80 bits per heavy atom. The highest BCUT2D eigenvalue weighted by Crippen LogP contribution is 2.37. The molecule has 0 spiro atoms. The number of rotatable bonds is 6. The summed E-state index contributed by atoms with van der Waals surface area (Å²) in [6.45, 7) is 16.8. The summed E-state index contributed by atoms with van der Waals surface area (Å²) in [4.78, 5) is 0. The molecule has 0 radical (unpaired) electrons. The lowest BCUT2D eigenvalue weighted by Crippen LogP contribution is -2.46. The summed E-state index contributed by atoms with van der Waals surface area (Å²) in [5.74, 6) is -0.336. The Hall–Kier alpha value is 0.0769. The van der Waals surface area contributed by atoms with Gasteiger partial charge in [0.25, 0.3) is 0 Å². The first kappa shape index (κ1) is 23.1. The Balaban J connectivity index is 3.07. The van der Waals surface area contributed by atoms with Crippen LogP contribution in [0.15, 0.2) is 22.7 Å². The second kappa shape index (κ2) is 8.40. The molecule has 0 heterocycles. The third-order valence-corrected chi connectivity index (χ3v) is 11.2. The number of hydrogen-bond acceptors (Lipinski definition) is 3. The molecule has 1 aromatic rings. The molecule has 1 rings (SSSR count). The van der Waals surface area contributed by atoms with Gasteiger partial charge in [0.05, 0.1) is 6.61 Å². The molecular weight excluding hydrogens is 421 g/mol. The lowest BCUT2D eigenvalue weighted by Gasteiger charge is -2.37. The molecule has 25 heavy (non-hydrogen) atoms. The van der Waals surface area contributed by atoms with Crippen LogP contribution in [0.2, 0.25) is 18.1 Å². The molecule has 0 aliphatic carbocycles. The predicted octanol–water partition coefficient (Wildman–Crippen LogP) is 5.70. The van der Waals surface area contributed by atoms with E-state index < -0.39 is 30.5 Å². The third kappa shape index (κ3) is 6.63. The fourth-order valence-corrected chi connectivity index (χ4v) is 3.94. The average molecular weight is 453 g/mol. The number of benzene rings is 1. The zero-order valence-electron chi connectivity index (χ0n) is 16.5. The number of hydrogen-bond donors (Lipinski definition) is 1. The van der Waals surface area contributed by atoms with Crippen LogP contribution in [0.4, 0.5) is 4.39 Å². The predicted molar refractivity (Wildman–Crippen MR) is 111 cm³/mol. The van der Waals surface area contributed by atoms with Crippen molar-refractivity contribution < 1.29 is 13.4 Å². The van der Waals surface area contributed by atoms with E-state index in [1.54, 1.807) is 12.1 Å². The van der Waals surface area contributed by atoms with Gasteiger partial charge in [-0.2, -0.15) is 0 Å². The average Bonchev–Trinajstić information content (AvgIpc) is 2.41. The number of halogens is 2. The molecule has 144 valence electrons. The normalized spacial score (nSPS) is 16.0. The van der Waals surface area contributed by atoms with Crippen LogP contribution < -0.4 is 4.72 Å². The van der Waals surface area contributed by atoms with Gasteiger partial charge in [0.15, 0.2) is 8.32 Å². The Kier molecular flexibility index (Phi) is 7.76. The van der Waals surface area contributed by atoms with E-state index in [9.17, 15) is 8.94 Å². The minimum Gasteiger partial charge on any atom is -0.598 e. The van der Waals surface area contributed by atoms with Crippen molar-refractivity contribution in [2.45, 2.75) is 70.5 Å². The lowest BCUT2D eigenvalue weighted by atomic mass is 10.1. The van der Waals surface area contributed by atoms with Crippen LogP contribution in [0.5, 0.6) is 0 Å². The fourth-order valence-electron chi connectivity index (χ4n) is 1.79. The molecule has 1 aromatic carbocycles. The van der Waals surface area contributed by atoms with Crippen molar-refractivity contribution in [2.24, 2.45) is 0 Å². The van der Waals surface area contributed by atoms with Crippen molar-refractivity contribution in [3.8, 4) is 0 Å². The molecule has 0 aliphatic rings. The maximum Gasteiger partial charge on any atom is 0.192 e. The molecule has 0 saturated heterocycles. The van der Waals surface area contributed by atoms with E-state index in [4.69, 9.17) is 4.43 Å². The molecule has 0 saturated carbocycles. The SMILES string of the molecule is CC(C)(C)[S+]([O-])N[C@H](CO[Si](C)(C)C(C)(C)C)c1ccc(Br)cc1F. The molecule has 0 bridgehead atoms. The summed E-state index contributed by atoms with van der Waals surface area (Å²) in [5.41, 5.74) is 0.472. The summed E-state index contributed by atoms with van der Waals surface area (Å²) in [5, 5.41) is 0.0546. The monoisotopic (exact) mass is 451 g/mol. The minimum atomic E-state index is -2.00. The summed E-state index contributed by atoms with van der Waals surface area (Å²) < 4.78 is 36.6. The van der Waals surface area contributed by atoms with Crippen molar-refractivity contribution in [3.05, 3.63) is 34.1 Å². The molecule has 7 heteroatoms. The van der Waals surface area contributed by atoms with E-state index in [-0.39, 0.29) is 17.5 Å². The second-order valence-corrected chi connectivity index (χ2v) is 16.5. The molecule has 0 amide bonds. The highest BCUT2D eigenvalue weighted by molar-refractivity contribution is 9.10. The zero-order chi connectivity index (χ0) is 19.6. The molecule has 1 unspecified atom stereocenters. The Morgan fingerprint density at radius 1 is 1.24 bits per heavy atom. The molecule has 2 atom stereocenters. The second-order valence-electron chi connectivity index (χ2n) is 8.79. The molecule has 0 fully saturated rings. The van der Waals surface area contributed by atoms with E-state index in [0.29, 0.717) is 10.0 Å². The van der Waals surface area contributed by atoms with Crippen molar-refractivity contribution in [2.75, 3.05) is 6.61 Å². The van der Waals surface area contributed by atoms with Gasteiger partial charge in [-0.3, -0.25) is 0 Å². The van der Waals surface area contributed by atoms with Gasteiger partial charge in [0, 0.05) is 21.4 Å². The molecule has 1 N–H and O–H groups in total. The minimum absolute atomic E-state index is 0.0546. The van der Waals surface area contributed by atoms with Gasteiger partial charge in [-0.05, 0) is 51.0 Å². The van der Waals surface area contributed by atoms with Gasteiger partial charge in [-0.25, -0.2) is 4.39 Å². The molecule has 3 nitrogen and oxygen atoms in total. The summed E-state index contributed by atoms with van der Waals surface area (Å²) >= 11 is 1.96. The van der Waals surface area contributed by atoms with Crippen LogP contribution >= 0.6 is 15.9 Å². The van der Waals surface area contributed by atoms with Crippen LogP contribution in [0.25, 0.3) is 0 Å². The van der Waals surface area contributed by atoms with E-state index >= 15 is 0 Å². The lowest BCUT2D eigenvalue weighted by molar-refractivity contribution is 0.253. The molecule has 0 aromatic heterocycles. The largest absolute Gasteiger partial charge is 0.598 e. The maximum absolute atomic E-state index is 14.5. The van der Waals surface area contributed by atoms with Crippen LogP contribution in [0.1, 0.15) is 53.1 Å². The van der Waals surface area contributed by atoms with Crippen molar-refractivity contribution in [1.82, 2.24) is 4.72 Å². The quantitative estimate of drug-likeness (QED) is 0.445. The molecular formula is C18H31BrFNO2SSi. The van der Waals surface area contributed by atoms with E-state index in [2.05, 4.69) is 54.5 Å². The van der Waals surface area contributed by atoms with E-state index in [1.165, 1.54) is 6.07 Å². The van der Waals surface area contributed by atoms with Gasteiger partial charge in [-0.15, -0.1) is 4.72 Å². The highest BCUT2D eigenvalue weighted by atomic mass is 79.9. The van der Waals surface area contributed by atoms with Crippen molar-refractivity contribution in [3.63, 3.8) is 0 Å². The summed E-state index contributed by atoms with van der Waals surface area (Å²) in [6.07, 6.45) is 0. The van der Waals surface area contributed by atoms with Crippen LogP contribution in [-0.4, -0.2) is 24.2 Å². The summed E-state index contributed by atoms with van der Waals surface area (Å²) in [6, 6.07) is 4.46. The maximum atomic E-state index is 14.5. The van der Waals surface area contributed by atoms with Gasteiger partial charge in [-0.1, -0.05) is 42.8 Å². The molecule has 0 aliphatic heterocycles. The van der Waals surface area contributed by atoms with E-state index in [0.717, 1.165) is 0 Å². The van der Waals surface area contributed by atoms with Crippen LogP contribution in [0.3, 0.4) is 0 Å². The van der Waals surface area contributed by atoms with Crippen LogP contribution in [0, 0.1) is 5.82 Å². The zero-order valence-corrected chi connectivity index (χ0v) is 19.9. The third-order valence-electron chi connectivity index (χ3n) is 4.56. The van der Waals surface area contributed by atoms with Crippen molar-refractivity contribution >= 4 is 35.6 Å². The Morgan fingerprint density at radius 3 is 2.24 bits per heavy atom. The first-order valence-electron chi connectivity index (χ1n) is 8.42. The van der Waals surface area contributed by atoms with Crippen molar-refractivity contribution in [1.29, 1.82) is 0 Å². The van der Waals surface area contributed by atoms with Gasteiger partial charge >= 0.3 is 0 Å². The fraction of sp³-hybridized carbons (Fsp3) is 0.667. The summed E-state index contributed by atoms with van der Waals surface area (Å²) in [7, 11) is -2.00. The smallest absolute Gasteiger partial charge is 0.192 e. The standard InChI is InChI=1S/C18H31BrFNO2SSi/c1-17(2,3)24(22)21-16(12-23-25(7,8)18(4,5)6)14-10-9-13(19)11-15(14)20/h9-11,16,21H,12H2,1-8H3/t16-,24?/m1/s1. The Labute approximate surface area is 164 Å².